The van der Waals surface area contributed by atoms with Gasteiger partial charge in [-0.15, -0.1) is 0 Å². The van der Waals surface area contributed by atoms with Crippen LogP contribution in [0.2, 0.25) is 0 Å². The Morgan fingerprint density at radius 1 is 1.21 bits per heavy atom. The Kier molecular flexibility index (Phi) is 7.27. The summed E-state index contributed by atoms with van der Waals surface area (Å²) in [4.78, 5) is 15.9. The minimum Gasteiger partial charge on any atom is -0.399 e. The Labute approximate surface area is 203 Å². The molecule has 2 aromatic carbocycles. The molecule has 4 unspecified atom stereocenters. The van der Waals surface area contributed by atoms with E-state index in [0.717, 1.165) is 30.5 Å². The van der Waals surface area contributed by atoms with Gasteiger partial charge in [0.1, 0.15) is 5.84 Å². The first-order chi connectivity index (χ1) is 16.3. The molecule has 4 atom stereocenters. The quantitative estimate of drug-likeness (QED) is 0.254. The van der Waals surface area contributed by atoms with Crippen LogP contribution in [0, 0.1) is 5.41 Å². The Bertz CT molecular complexity index is 1050. The first-order valence-corrected chi connectivity index (χ1v) is 12.7. The van der Waals surface area contributed by atoms with Crippen molar-refractivity contribution in [1.82, 2.24) is 4.90 Å². The predicted molar refractivity (Wildman–Crippen MR) is 140 cm³/mol. The Balaban J connectivity index is 1.77. The van der Waals surface area contributed by atoms with Crippen LogP contribution in [0.25, 0.3) is 0 Å². The number of hydrogen-bond donors (Lipinski definition) is 4. The van der Waals surface area contributed by atoms with Gasteiger partial charge in [-0.05, 0) is 74.4 Å². The predicted octanol–water partition coefficient (Wildman–Crippen LogP) is 5.33. The van der Waals surface area contributed by atoms with Crippen molar-refractivity contribution in [1.29, 1.82) is 5.41 Å². The second-order valence-corrected chi connectivity index (χ2v) is 10.2. The van der Waals surface area contributed by atoms with E-state index in [4.69, 9.17) is 16.9 Å². The van der Waals surface area contributed by atoms with E-state index < -0.39 is 0 Å². The van der Waals surface area contributed by atoms with Gasteiger partial charge in [0, 0.05) is 35.1 Å². The van der Waals surface area contributed by atoms with E-state index in [1.807, 2.05) is 30.3 Å². The minimum atomic E-state index is -0.322. The lowest BCUT2D eigenvalue weighted by Gasteiger charge is -2.45. The zero-order chi connectivity index (χ0) is 24.4. The van der Waals surface area contributed by atoms with E-state index in [9.17, 15) is 4.79 Å². The third-order valence-corrected chi connectivity index (χ3v) is 7.70. The average molecular weight is 462 g/mol. The maximum absolute atomic E-state index is 13.2. The molecule has 34 heavy (non-hydrogen) atoms. The Hall–Kier alpha value is -2.86. The van der Waals surface area contributed by atoms with Crippen LogP contribution in [-0.4, -0.2) is 28.7 Å². The smallest absolute Gasteiger partial charge is 0.232 e. The number of fused-ring (bicyclic) bond motifs is 1. The third-order valence-electron chi connectivity index (χ3n) is 7.70. The Morgan fingerprint density at radius 3 is 2.62 bits per heavy atom. The largest absolute Gasteiger partial charge is 0.399 e. The number of carbonyl (C=O) groups excluding carboxylic acids is 1. The lowest BCUT2D eigenvalue weighted by Crippen LogP contribution is -2.46. The molecule has 1 saturated heterocycles. The molecule has 2 aliphatic rings. The van der Waals surface area contributed by atoms with Crippen molar-refractivity contribution in [3.8, 4) is 0 Å². The molecule has 2 aromatic rings. The van der Waals surface area contributed by atoms with Crippen LogP contribution >= 0.6 is 0 Å². The van der Waals surface area contributed by atoms with Crippen LogP contribution in [0.4, 0.5) is 11.4 Å². The molecule has 0 aliphatic carbocycles. The molecule has 0 bridgehead atoms. The van der Waals surface area contributed by atoms with Crippen molar-refractivity contribution in [2.45, 2.75) is 89.8 Å². The van der Waals surface area contributed by atoms with Gasteiger partial charge in [0.15, 0.2) is 0 Å². The molecule has 1 amide bonds. The molecule has 182 valence electrons. The first-order valence-electron chi connectivity index (χ1n) is 12.7. The van der Waals surface area contributed by atoms with Crippen LogP contribution in [0.3, 0.4) is 0 Å². The van der Waals surface area contributed by atoms with Crippen molar-refractivity contribution in [2.24, 2.45) is 5.73 Å². The number of nitrogens with one attached hydrogen (secondary N) is 2. The van der Waals surface area contributed by atoms with Crippen molar-refractivity contribution < 1.29 is 4.79 Å². The molecule has 0 radical (unpaired) electrons. The second kappa shape index (κ2) is 10.2. The van der Waals surface area contributed by atoms with E-state index in [-0.39, 0.29) is 23.7 Å². The zero-order valence-corrected chi connectivity index (χ0v) is 20.7. The third kappa shape index (κ3) is 4.83. The van der Waals surface area contributed by atoms with E-state index in [1.165, 1.54) is 30.4 Å². The number of anilines is 2. The fraction of sp³-hybridized carbons (Fsp3) is 0.500. The molecule has 1 fully saturated rings. The van der Waals surface area contributed by atoms with Crippen LogP contribution in [0.15, 0.2) is 36.4 Å². The van der Waals surface area contributed by atoms with Crippen LogP contribution in [-0.2, 0) is 11.2 Å². The van der Waals surface area contributed by atoms with Crippen LogP contribution in [0.1, 0.15) is 93.5 Å². The number of nitrogen functional groups attached to an aromatic ring is 2. The SMILES string of the molecule is CCCCC(c1cc(N)cc2c1CC(c1cccc(C(=N)N)c1)C(=O)N2)N1C(C)CCCC1C. The van der Waals surface area contributed by atoms with E-state index in [0.29, 0.717) is 29.8 Å². The number of rotatable bonds is 7. The number of piperidine rings is 1. The number of unbranched alkanes of at least 4 members (excludes halogenated alkanes) is 1. The number of benzene rings is 2. The number of hydrogen-bond acceptors (Lipinski definition) is 4. The number of amidine groups is 1. The van der Waals surface area contributed by atoms with Crippen molar-refractivity contribution in [3.05, 3.63) is 58.7 Å². The minimum absolute atomic E-state index is 0.0135. The topological polar surface area (TPSA) is 108 Å². The van der Waals surface area contributed by atoms with E-state index in [1.54, 1.807) is 0 Å². The maximum atomic E-state index is 13.2. The van der Waals surface area contributed by atoms with E-state index in [2.05, 4.69) is 37.1 Å². The highest BCUT2D eigenvalue weighted by atomic mass is 16.1. The summed E-state index contributed by atoms with van der Waals surface area (Å²) in [6.45, 7) is 6.95. The summed E-state index contributed by atoms with van der Waals surface area (Å²) in [5.41, 5.74) is 17.6. The Morgan fingerprint density at radius 2 is 1.94 bits per heavy atom. The molecule has 2 heterocycles. The average Bonchev–Trinajstić information content (AvgIpc) is 2.80. The van der Waals surface area contributed by atoms with Crippen molar-refractivity contribution in [3.63, 3.8) is 0 Å². The van der Waals surface area contributed by atoms with Crippen molar-refractivity contribution in [2.75, 3.05) is 11.1 Å². The van der Waals surface area contributed by atoms with Crippen LogP contribution < -0.4 is 16.8 Å². The summed E-state index contributed by atoms with van der Waals surface area (Å²) in [5, 5.41) is 11.0. The van der Waals surface area contributed by atoms with Gasteiger partial charge in [-0.1, -0.05) is 44.4 Å². The highest BCUT2D eigenvalue weighted by molar-refractivity contribution is 6.00. The van der Waals surface area contributed by atoms with Gasteiger partial charge < -0.3 is 16.8 Å². The van der Waals surface area contributed by atoms with Gasteiger partial charge >= 0.3 is 0 Å². The van der Waals surface area contributed by atoms with Crippen LogP contribution in [0.5, 0.6) is 0 Å². The molecule has 2 aliphatic heterocycles. The first kappa shape index (κ1) is 24.3. The molecule has 0 aromatic heterocycles. The zero-order valence-electron chi connectivity index (χ0n) is 20.7. The summed E-state index contributed by atoms with van der Waals surface area (Å²) in [6, 6.07) is 12.9. The number of likely N-dealkylation sites (tertiary alicyclic amines) is 1. The van der Waals surface area contributed by atoms with Gasteiger partial charge in [0.2, 0.25) is 5.91 Å². The fourth-order valence-electron chi connectivity index (χ4n) is 5.98. The molecule has 6 heteroatoms. The summed E-state index contributed by atoms with van der Waals surface area (Å²) >= 11 is 0. The maximum Gasteiger partial charge on any atom is 0.232 e. The lowest BCUT2D eigenvalue weighted by molar-refractivity contribution is -0.117. The summed E-state index contributed by atoms with van der Waals surface area (Å²) in [6.07, 6.45) is 7.72. The highest BCUT2D eigenvalue weighted by Gasteiger charge is 2.36. The number of carbonyl (C=O) groups is 1. The molecule has 0 saturated carbocycles. The second-order valence-electron chi connectivity index (χ2n) is 10.2. The molecule has 6 nitrogen and oxygen atoms in total. The fourth-order valence-corrected chi connectivity index (χ4v) is 5.98. The molecule has 4 rings (SSSR count). The van der Waals surface area contributed by atoms with Gasteiger partial charge in [-0.2, -0.15) is 0 Å². The number of nitrogens with two attached hydrogens (primary N) is 2. The number of amides is 1. The summed E-state index contributed by atoms with van der Waals surface area (Å²) < 4.78 is 0. The normalized spacial score (nSPS) is 23.7. The van der Waals surface area contributed by atoms with Gasteiger partial charge in [0.05, 0.1) is 5.92 Å². The lowest BCUT2D eigenvalue weighted by atomic mass is 9.81. The monoisotopic (exact) mass is 461 g/mol. The van der Waals surface area contributed by atoms with Gasteiger partial charge in [-0.25, -0.2) is 0 Å². The standard InChI is InChI=1S/C28H39N5O/c1-4-5-12-26(33-17(2)8-6-9-18(33)3)24-14-21(29)15-25-23(24)16-22(28(34)32-25)19-10-7-11-20(13-19)27(30)31/h7,10-11,13-15,17-18,22,26H,4-6,8-9,12,16,29H2,1-3H3,(H3,30,31)(H,32,34). The van der Waals surface area contributed by atoms with Gasteiger partial charge in [0.25, 0.3) is 0 Å². The summed E-state index contributed by atoms with van der Waals surface area (Å²) in [7, 11) is 0. The molecule has 6 N–H and O–H groups in total. The van der Waals surface area contributed by atoms with E-state index >= 15 is 0 Å². The molecular formula is C28H39N5O. The molecular weight excluding hydrogens is 422 g/mol. The molecule has 0 spiro atoms. The van der Waals surface area contributed by atoms with Gasteiger partial charge in [-0.3, -0.25) is 15.1 Å². The number of nitrogens with zero attached hydrogens (tertiary/aromatic N) is 1. The highest BCUT2D eigenvalue weighted by Crippen LogP contribution is 2.43. The van der Waals surface area contributed by atoms with Crippen molar-refractivity contribution >= 4 is 23.1 Å². The summed E-state index contributed by atoms with van der Waals surface area (Å²) in [5.74, 6) is -0.341.